The summed E-state index contributed by atoms with van der Waals surface area (Å²) in [5.41, 5.74) is 1.10. The molecule has 1 aliphatic carbocycles. The topological polar surface area (TPSA) is 29.5 Å². The SMILES string of the molecule is CC1Oc2ccccc2N(CC2(CS)CCC2)C1=O. The van der Waals surface area contributed by atoms with Gasteiger partial charge in [0.25, 0.3) is 5.91 Å². The first-order valence-corrected chi connectivity index (χ1v) is 7.46. The van der Waals surface area contributed by atoms with Crippen molar-refractivity contribution in [1.29, 1.82) is 0 Å². The quantitative estimate of drug-likeness (QED) is 0.861. The minimum absolute atomic E-state index is 0.0618. The van der Waals surface area contributed by atoms with Crippen molar-refractivity contribution >= 4 is 24.2 Å². The van der Waals surface area contributed by atoms with E-state index >= 15 is 0 Å². The van der Waals surface area contributed by atoms with Crippen LogP contribution in [0.5, 0.6) is 5.75 Å². The van der Waals surface area contributed by atoms with E-state index in [9.17, 15) is 4.79 Å². The maximum absolute atomic E-state index is 12.4. The fourth-order valence-corrected chi connectivity index (χ4v) is 3.32. The molecule has 0 bridgehead atoms. The van der Waals surface area contributed by atoms with Crippen LogP contribution in [0.2, 0.25) is 0 Å². The summed E-state index contributed by atoms with van der Waals surface area (Å²) in [4.78, 5) is 14.3. The molecular weight excluding hydrogens is 258 g/mol. The molecule has 1 aromatic rings. The van der Waals surface area contributed by atoms with Gasteiger partial charge in [-0.25, -0.2) is 0 Å². The van der Waals surface area contributed by atoms with Crippen LogP contribution < -0.4 is 9.64 Å². The van der Waals surface area contributed by atoms with E-state index in [2.05, 4.69) is 12.6 Å². The molecule has 1 fully saturated rings. The van der Waals surface area contributed by atoms with Gasteiger partial charge in [0.15, 0.2) is 6.10 Å². The Labute approximate surface area is 119 Å². The van der Waals surface area contributed by atoms with Crippen molar-refractivity contribution in [3.8, 4) is 5.75 Å². The van der Waals surface area contributed by atoms with Crippen LogP contribution in [0.15, 0.2) is 24.3 Å². The minimum Gasteiger partial charge on any atom is -0.479 e. The lowest BCUT2D eigenvalue weighted by atomic mass is 9.69. The van der Waals surface area contributed by atoms with Crippen LogP contribution in [0.1, 0.15) is 26.2 Å². The zero-order chi connectivity index (χ0) is 13.5. The van der Waals surface area contributed by atoms with Crippen molar-refractivity contribution in [2.24, 2.45) is 5.41 Å². The Balaban J connectivity index is 1.92. The Kier molecular flexibility index (Phi) is 3.21. The molecule has 2 aliphatic rings. The van der Waals surface area contributed by atoms with Crippen LogP contribution in [0.4, 0.5) is 5.69 Å². The van der Waals surface area contributed by atoms with Crippen molar-refractivity contribution in [1.82, 2.24) is 0 Å². The summed E-state index contributed by atoms with van der Waals surface area (Å²) < 4.78 is 5.66. The van der Waals surface area contributed by atoms with Crippen molar-refractivity contribution in [2.75, 3.05) is 17.2 Å². The van der Waals surface area contributed by atoms with Crippen molar-refractivity contribution < 1.29 is 9.53 Å². The molecule has 0 radical (unpaired) electrons. The highest BCUT2D eigenvalue weighted by Crippen LogP contribution is 2.45. The largest absolute Gasteiger partial charge is 0.479 e. The molecule has 1 saturated carbocycles. The van der Waals surface area contributed by atoms with Crippen LogP contribution in [0, 0.1) is 5.41 Å². The maximum atomic E-state index is 12.4. The number of carbonyl (C=O) groups is 1. The van der Waals surface area contributed by atoms with Gasteiger partial charge in [-0.1, -0.05) is 18.6 Å². The fraction of sp³-hybridized carbons (Fsp3) is 0.533. The highest BCUT2D eigenvalue weighted by Gasteiger charge is 2.41. The number of rotatable bonds is 3. The van der Waals surface area contributed by atoms with Crippen LogP contribution in [-0.4, -0.2) is 24.3 Å². The second kappa shape index (κ2) is 4.75. The van der Waals surface area contributed by atoms with E-state index in [4.69, 9.17) is 4.74 Å². The molecule has 0 N–H and O–H groups in total. The number of ether oxygens (including phenoxy) is 1. The molecule has 0 saturated heterocycles. The van der Waals surface area contributed by atoms with E-state index in [-0.39, 0.29) is 11.3 Å². The van der Waals surface area contributed by atoms with Gasteiger partial charge in [0, 0.05) is 6.54 Å². The summed E-state index contributed by atoms with van der Waals surface area (Å²) in [5, 5.41) is 0. The Bertz CT molecular complexity index is 493. The highest BCUT2D eigenvalue weighted by atomic mass is 32.1. The van der Waals surface area contributed by atoms with Crippen molar-refractivity contribution in [2.45, 2.75) is 32.3 Å². The second-order valence-corrected chi connectivity index (χ2v) is 5.98. The van der Waals surface area contributed by atoms with Gasteiger partial charge in [-0.2, -0.15) is 12.6 Å². The zero-order valence-electron chi connectivity index (χ0n) is 11.1. The Morgan fingerprint density at radius 3 is 2.79 bits per heavy atom. The third-order valence-corrected chi connectivity index (χ3v) is 4.99. The number of nitrogens with zero attached hydrogens (tertiary/aromatic N) is 1. The van der Waals surface area contributed by atoms with Gasteiger partial charge in [-0.05, 0) is 43.1 Å². The van der Waals surface area contributed by atoms with Gasteiger partial charge in [-0.15, -0.1) is 0 Å². The number of fused-ring (bicyclic) bond motifs is 1. The third-order valence-electron chi connectivity index (χ3n) is 4.32. The highest BCUT2D eigenvalue weighted by molar-refractivity contribution is 7.80. The molecule has 3 nitrogen and oxygen atoms in total. The van der Waals surface area contributed by atoms with E-state index in [0.29, 0.717) is 0 Å². The van der Waals surface area contributed by atoms with Gasteiger partial charge in [-0.3, -0.25) is 4.79 Å². The molecule has 1 amide bonds. The van der Waals surface area contributed by atoms with E-state index in [1.54, 1.807) is 0 Å². The second-order valence-electron chi connectivity index (χ2n) is 5.66. The third kappa shape index (κ3) is 2.12. The number of anilines is 1. The molecule has 1 unspecified atom stereocenters. The monoisotopic (exact) mass is 277 g/mol. The number of para-hydroxylation sites is 2. The molecule has 1 atom stereocenters. The molecule has 1 aliphatic heterocycles. The molecule has 1 aromatic carbocycles. The van der Waals surface area contributed by atoms with Gasteiger partial charge in [0.1, 0.15) is 5.75 Å². The molecule has 102 valence electrons. The maximum Gasteiger partial charge on any atom is 0.267 e. The predicted molar refractivity (Wildman–Crippen MR) is 79.0 cm³/mol. The van der Waals surface area contributed by atoms with Crippen LogP contribution in [-0.2, 0) is 4.79 Å². The lowest BCUT2D eigenvalue weighted by Gasteiger charge is -2.45. The summed E-state index contributed by atoms with van der Waals surface area (Å²) in [5.74, 6) is 1.71. The number of benzene rings is 1. The van der Waals surface area contributed by atoms with Gasteiger partial charge >= 0.3 is 0 Å². The summed E-state index contributed by atoms with van der Waals surface area (Å²) in [6.45, 7) is 2.58. The van der Waals surface area contributed by atoms with Crippen LogP contribution >= 0.6 is 12.6 Å². The standard InChI is InChI=1S/C15H19NO2S/c1-11-14(17)16(9-15(10-19)7-4-8-15)12-5-2-3-6-13(12)18-11/h2-3,5-6,11,19H,4,7-10H2,1H3. The van der Waals surface area contributed by atoms with E-state index in [1.165, 1.54) is 6.42 Å². The van der Waals surface area contributed by atoms with Crippen LogP contribution in [0.25, 0.3) is 0 Å². The summed E-state index contributed by atoms with van der Waals surface area (Å²) in [6.07, 6.45) is 3.18. The molecule has 3 rings (SSSR count). The van der Waals surface area contributed by atoms with E-state index < -0.39 is 6.10 Å². The zero-order valence-corrected chi connectivity index (χ0v) is 12.0. The number of hydrogen-bond acceptors (Lipinski definition) is 3. The van der Waals surface area contributed by atoms with Gasteiger partial charge in [0.05, 0.1) is 5.69 Å². The Hall–Kier alpha value is -1.16. The van der Waals surface area contributed by atoms with Crippen molar-refractivity contribution in [3.05, 3.63) is 24.3 Å². The Morgan fingerprint density at radius 2 is 2.16 bits per heavy atom. The normalized spacial score (nSPS) is 24.4. The number of amides is 1. The molecule has 0 aromatic heterocycles. The summed E-state index contributed by atoms with van der Waals surface area (Å²) in [7, 11) is 0. The summed E-state index contributed by atoms with van der Waals surface area (Å²) in [6, 6.07) is 7.78. The first kappa shape index (κ1) is 12.9. The minimum atomic E-state index is -0.396. The van der Waals surface area contributed by atoms with Gasteiger partial charge < -0.3 is 9.64 Å². The number of hydrogen-bond donors (Lipinski definition) is 1. The van der Waals surface area contributed by atoms with Crippen molar-refractivity contribution in [3.63, 3.8) is 0 Å². The fourth-order valence-electron chi connectivity index (χ4n) is 2.90. The lowest BCUT2D eigenvalue weighted by molar-refractivity contribution is -0.126. The van der Waals surface area contributed by atoms with Crippen LogP contribution in [0.3, 0.4) is 0 Å². The molecule has 0 spiro atoms. The number of carbonyl (C=O) groups excluding carboxylic acids is 1. The lowest BCUT2D eigenvalue weighted by Crippen LogP contribution is -2.51. The average molecular weight is 277 g/mol. The molecule has 1 heterocycles. The average Bonchev–Trinajstić information content (AvgIpc) is 2.38. The smallest absolute Gasteiger partial charge is 0.267 e. The Morgan fingerprint density at radius 1 is 1.42 bits per heavy atom. The predicted octanol–water partition coefficient (Wildman–Crippen LogP) is 2.90. The molecule has 4 heteroatoms. The first-order chi connectivity index (χ1) is 9.15. The van der Waals surface area contributed by atoms with Gasteiger partial charge in [0.2, 0.25) is 0 Å². The molecular formula is C15H19NO2S. The summed E-state index contributed by atoms with van der Waals surface area (Å²) >= 11 is 4.49. The van der Waals surface area contributed by atoms with E-state index in [0.717, 1.165) is 36.6 Å². The first-order valence-electron chi connectivity index (χ1n) is 6.83. The molecule has 19 heavy (non-hydrogen) atoms. The van der Waals surface area contributed by atoms with E-state index in [1.807, 2.05) is 36.1 Å². The number of thiol groups is 1.